The monoisotopic (exact) mass is 691 g/mol. The average Bonchev–Trinajstić information content (AvgIpc) is 3.67. The lowest BCUT2D eigenvalue weighted by atomic mass is 9.91. The molecule has 1 saturated heterocycles. The molecule has 2 aliphatic rings. The summed E-state index contributed by atoms with van der Waals surface area (Å²) in [4.78, 5) is 39.2. The molecule has 264 valence electrons. The number of Topliss-reactive ketones (excluding diaryl/α,β-unsaturated/α-hetero) is 1. The fourth-order valence-corrected chi connectivity index (χ4v) is 6.09. The zero-order valence-electron chi connectivity index (χ0n) is 28.8. The summed E-state index contributed by atoms with van der Waals surface area (Å²) in [7, 11) is 1.73. The number of hydrogen-bond acceptors (Lipinski definition) is 8. The number of amides is 1. The number of aromatic nitrogens is 5. The molecule has 50 heavy (non-hydrogen) atoms. The molecular weight excluding hydrogens is 651 g/mol. The van der Waals surface area contributed by atoms with E-state index in [0.29, 0.717) is 42.3 Å². The number of nitrogens with zero attached hydrogens (tertiary/aromatic N) is 7. The number of benzene rings is 1. The molecule has 14 heteroatoms. The topological polar surface area (TPSA) is 108 Å². The van der Waals surface area contributed by atoms with E-state index in [1.165, 1.54) is 10.9 Å². The second kappa shape index (κ2) is 14.0. The van der Waals surface area contributed by atoms with Gasteiger partial charge in [0.05, 0.1) is 23.9 Å². The number of imidazole rings is 1. The van der Waals surface area contributed by atoms with Crippen molar-refractivity contribution >= 4 is 23.8 Å². The Bertz CT molecular complexity index is 1940. The van der Waals surface area contributed by atoms with Gasteiger partial charge in [-0.05, 0) is 68.7 Å². The van der Waals surface area contributed by atoms with Gasteiger partial charge in [0.1, 0.15) is 24.0 Å². The smallest absolute Gasteiger partial charge is 0.435 e. The molecule has 3 aromatic heterocycles. The summed E-state index contributed by atoms with van der Waals surface area (Å²) in [6.45, 7) is 9.42. The Hall–Kier alpha value is -5.14. The summed E-state index contributed by atoms with van der Waals surface area (Å²) in [5, 5.41) is 3.80. The van der Waals surface area contributed by atoms with Gasteiger partial charge in [0.2, 0.25) is 0 Å². The number of likely N-dealkylation sites (N-methyl/N-ethyl adjacent to an activating group) is 1. The number of carbonyl (C=O) groups is 2. The third kappa shape index (κ3) is 7.10. The number of hydrogen-bond donors (Lipinski definition) is 0. The number of aryl methyl sites for hydroxylation is 3. The Labute approximate surface area is 288 Å². The number of ether oxygens (including phenoxy) is 2. The van der Waals surface area contributed by atoms with E-state index in [9.17, 15) is 22.8 Å². The number of alkyl halides is 3. The number of anilines is 1. The Balaban J connectivity index is 1.30. The van der Waals surface area contributed by atoms with E-state index in [1.807, 2.05) is 37.5 Å². The van der Waals surface area contributed by atoms with Crippen molar-refractivity contribution in [2.75, 3.05) is 38.3 Å². The molecule has 1 amide bonds. The molecule has 0 radical (unpaired) electrons. The minimum absolute atomic E-state index is 0.0186. The van der Waals surface area contributed by atoms with Crippen molar-refractivity contribution in [1.29, 1.82) is 0 Å². The van der Waals surface area contributed by atoms with Crippen molar-refractivity contribution in [2.24, 2.45) is 0 Å². The van der Waals surface area contributed by atoms with Crippen molar-refractivity contribution in [3.05, 3.63) is 82.3 Å². The summed E-state index contributed by atoms with van der Waals surface area (Å²) in [6, 6.07) is 7.08. The van der Waals surface area contributed by atoms with Crippen LogP contribution >= 0.6 is 0 Å². The summed E-state index contributed by atoms with van der Waals surface area (Å²) in [5.74, 6) is 1.15. The Morgan fingerprint density at radius 3 is 2.56 bits per heavy atom. The molecule has 0 saturated carbocycles. The van der Waals surface area contributed by atoms with Crippen molar-refractivity contribution in [2.45, 2.75) is 65.8 Å². The first-order chi connectivity index (χ1) is 23.9. The molecule has 6 rings (SSSR count). The second-order valence-electron chi connectivity index (χ2n) is 12.7. The Morgan fingerprint density at radius 2 is 1.88 bits per heavy atom. The van der Waals surface area contributed by atoms with Gasteiger partial charge >= 0.3 is 12.3 Å². The maximum atomic E-state index is 14.2. The van der Waals surface area contributed by atoms with Crippen LogP contribution in [0.4, 0.5) is 23.8 Å². The van der Waals surface area contributed by atoms with Gasteiger partial charge in [-0.15, -0.1) is 0 Å². The van der Waals surface area contributed by atoms with Gasteiger partial charge in [0, 0.05) is 68.5 Å². The standard InChI is InChI=1S/C36H40F3N7O4/c1-6-8-11-49-35(48)43(5)27-18-45(19-27)31-13-22(3)12-26(41-31)16-25-21-50-33-28(30-20-46(7-2)42-34(30)36(37,38)39)14-24(15-29(33)32(25)47)17-44-10-9-40-23(44)4/h9-10,12-16,20,27H,6-8,11,17-19,21H2,1-5H3/b25-16+. The minimum atomic E-state index is -4.72. The van der Waals surface area contributed by atoms with Crippen LogP contribution in [-0.2, 0) is 24.0 Å². The van der Waals surface area contributed by atoms with Crippen molar-refractivity contribution in [3.63, 3.8) is 0 Å². The van der Waals surface area contributed by atoms with Gasteiger partial charge in [-0.1, -0.05) is 13.3 Å². The fourth-order valence-electron chi connectivity index (χ4n) is 6.09. The quantitative estimate of drug-likeness (QED) is 0.136. The van der Waals surface area contributed by atoms with Gasteiger partial charge in [-0.3, -0.25) is 9.48 Å². The minimum Gasteiger partial charge on any atom is -0.487 e. The van der Waals surface area contributed by atoms with Crippen LogP contribution in [0, 0.1) is 13.8 Å². The number of fused-ring (bicyclic) bond motifs is 1. The van der Waals surface area contributed by atoms with Crippen LogP contribution < -0.4 is 9.64 Å². The van der Waals surface area contributed by atoms with E-state index in [-0.39, 0.29) is 60.1 Å². The largest absolute Gasteiger partial charge is 0.487 e. The normalized spacial score (nSPS) is 15.6. The zero-order chi connectivity index (χ0) is 35.7. The van der Waals surface area contributed by atoms with Crippen molar-refractivity contribution in [3.8, 4) is 16.9 Å². The zero-order valence-corrected chi connectivity index (χ0v) is 28.8. The molecule has 0 spiro atoms. The third-order valence-corrected chi connectivity index (χ3v) is 9.02. The van der Waals surface area contributed by atoms with Crippen LogP contribution in [0.3, 0.4) is 0 Å². The summed E-state index contributed by atoms with van der Waals surface area (Å²) < 4.78 is 57.2. The van der Waals surface area contributed by atoms with E-state index in [1.54, 1.807) is 49.5 Å². The molecule has 0 N–H and O–H groups in total. The average molecular weight is 692 g/mol. The number of ketones is 1. The van der Waals surface area contributed by atoms with Crippen molar-refractivity contribution in [1.82, 2.24) is 29.2 Å². The third-order valence-electron chi connectivity index (χ3n) is 9.02. The Kier molecular flexibility index (Phi) is 9.72. The Morgan fingerprint density at radius 1 is 1.12 bits per heavy atom. The first-order valence-corrected chi connectivity index (χ1v) is 16.7. The number of unbranched alkanes of at least 4 members (excludes halogenated alkanes) is 1. The van der Waals surface area contributed by atoms with Crippen LogP contribution in [0.2, 0.25) is 0 Å². The molecule has 1 aromatic carbocycles. The van der Waals surface area contributed by atoms with Crippen molar-refractivity contribution < 1.29 is 32.2 Å². The van der Waals surface area contributed by atoms with Crippen LogP contribution in [0.1, 0.15) is 65.4 Å². The van der Waals surface area contributed by atoms with Crippen LogP contribution in [0.15, 0.2) is 48.4 Å². The maximum Gasteiger partial charge on any atom is 0.435 e. The summed E-state index contributed by atoms with van der Waals surface area (Å²) in [5.41, 5.74) is 1.51. The number of halogens is 3. The lowest BCUT2D eigenvalue weighted by molar-refractivity contribution is -0.141. The molecule has 0 atom stereocenters. The molecule has 0 aliphatic carbocycles. The van der Waals surface area contributed by atoms with Crippen LogP contribution in [0.25, 0.3) is 17.2 Å². The summed E-state index contributed by atoms with van der Waals surface area (Å²) in [6.07, 6.45) is 3.11. The van der Waals surface area contributed by atoms with E-state index in [4.69, 9.17) is 14.5 Å². The maximum absolute atomic E-state index is 14.2. The number of rotatable bonds is 10. The molecule has 5 heterocycles. The van der Waals surface area contributed by atoms with Gasteiger partial charge in [0.25, 0.3) is 0 Å². The van der Waals surface area contributed by atoms with E-state index in [0.717, 1.165) is 24.2 Å². The second-order valence-corrected chi connectivity index (χ2v) is 12.7. The predicted molar refractivity (Wildman–Crippen MR) is 181 cm³/mol. The van der Waals surface area contributed by atoms with Gasteiger partial charge in [-0.2, -0.15) is 18.3 Å². The first-order valence-electron chi connectivity index (χ1n) is 16.7. The summed E-state index contributed by atoms with van der Waals surface area (Å²) >= 11 is 0. The highest BCUT2D eigenvalue weighted by atomic mass is 19.4. The van der Waals surface area contributed by atoms with Crippen LogP contribution in [-0.4, -0.2) is 80.5 Å². The van der Waals surface area contributed by atoms with Gasteiger partial charge < -0.3 is 23.8 Å². The van der Waals surface area contributed by atoms with E-state index >= 15 is 0 Å². The highest BCUT2D eigenvalue weighted by Gasteiger charge is 2.39. The fraction of sp³-hybridized carbons (Fsp3) is 0.417. The van der Waals surface area contributed by atoms with E-state index < -0.39 is 11.9 Å². The molecule has 11 nitrogen and oxygen atoms in total. The number of carbonyl (C=O) groups excluding carboxylic acids is 2. The predicted octanol–water partition coefficient (Wildman–Crippen LogP) is 6.56. The van der Waals surface area contributed by atoms with Crippen LogP contribution in [0.5, 0.6) is 5.75 Å². The molecule has 1 fully saturated rings. The number of pyridine rings is 1. The molecular formula is C36H40F3N7O4. The SMILES string of the molecule is CCCCOC(=O)N(C)C1CN(c2cc(C)cc(/C=C3\COc4c(cc(Cn5ccnc5C)cc4-c4cn(CC)nc4C(F)(F)F)C3=O)n2)C1. The molecule has 0 bridgehead atoms. The van der Waals surface area contributed by atoms with Gasteiger partial charge in [0.15, 0.2) is 11.5 Å². The lowest BCUT2D eigenvalue weighted by Gasteiger charge is -2.44. The highest BCUT2D eigenvalue weighted by molar-refractivity contribution is 6.15. The molecule has 0 unspecified atom stereocenters. The highest BCUT2D eigenvalue weighted by Crippen LogP contribution is 2.44. The molecule has 4 aromatic rings. The first kappa shape index (κ1) is 34.7. The molecule has 2 aliphatic heterocycles. The lowest BCUT2D eigenvalue weighted by Crippen LogP contribution is -2.60. The van der Waals surface area contributed by atoms with E-state index in [2.05, 4.69) is 15.0 Å². The van der Waals surface area contributed by atoms with Gasteiger partial charge in [-0.25, -0.2) is 14.8 Å².